The number of aliphatic hydroxyl groups excluding tert-OH is 1. The van der Waals surface area contributed by atoms with E-state index in [2.05, 4.69) is 61.3 Å². The van der Waals surface area contributed by atoms with Gasteiger partial charge in [-0.25, -0.2) is 15.0 Å². The van der Waals surface area contributed by atoms with Gasteiger partial charge in [0.2, 0.25) is 0 Å². The number of benzene rings is 1. The Morgan fingerprint density at radius 3 is 2.62 bits per heavy atom. The average molecular weight is 537 g/mol. The van der Waals surface area contributed by atoms with Crippen molar-refractivity contribution in [2.24, 2.45) is 5.92 Å². The fourth-order valence-corrected chi connectivity index (χ4v) is 5.96. The van der Waals surface area contributed by atoms with Gasteiger partial charge in [0.25, 0.3) is 0 Å². The summed E-state index contributed by atoms with van der Waals surface area (Å²) < 4.78 is 0. The maximum absolute atomic E-state index is 9.79. The molecule has 2 aliphatic heterocycles. The van der Waals surface area contributed by atoms with E-state index < -0.39 is 0 Å². The van der Waals surface area contributed by atoms with Crippen molar-refractivity contribution in [1.82, 2.24) is 24.8 Å². The van der Waals surface area contributed by atoms with Crippen LogP contribution in [0, 0.1) is 5.92 Å². The molecule has 9 heteroatoms. The highest BCUT2D eigenvalue weighted by atomic mass is 16.3. The maximum Gasteiger partial charge on any atom is 0.162 e. The van der Waals surface area contributed by atoms with E-state index in [1.54, 1.807) is 0 Å². The molecule has 2 saturated heterocycles. The minimum atomic E-state index is 0.207. The lowest BCUT2D eigenvalue weighted by atomic mass is 10.1. The highest BCUT2D eigenvalue weighted by Gasteiger charge is 2.31. The number of anilines is 4. The number of piperazine rings is 1. The minimum Gasteiger partial charge on any atom is -0.396 e. The van der Waals surface area contributed by atoms with E-state index >= 15 is 0 Å². The van der Waals surface area contributed by atoms with Gasteiger partial charge in [-0.2, -0.15) is 0 Å². The fourth-order valence-electron chi connectivity index (χ4n) is 5.96. The number of likely N-dealkylation sites (N-methyl/N-ethyl adjacent to an activating group) is 1. The molecule has 3 aromatic heterocycles. The van der Waals surface area contributed by atoms with Crippen LogP contribution in [0.2, 0.25) is 0 Å². The Labute approximate surface area is 234 Å². The average Bonchev–Trinajstić information content (AvgIpc) is 3.73. The molecule has 0 bridgehead atoms. The van der Waals surface area contributed by atoms with E-state index in [1.165, 1.54) is 24.1 Å². The van der Waals surface area contributed by atoms with E-state index in [0.29, 0.717) is 11.7 Å². The van der Waals surface area contributed by atoms with Gasteiger partial charge in [-0.3, -0.25) is 4.98 Å². The normalized spacial score (nSPS) is 19.9. The first-order chi connectivity index (χ1) is 19.6. The van der Waals surface area contributed by atoms with E-state index in [-0.39, 0.29) is 12.5 Å². The van der Waals surface area contributed by atoms with Gasteiger partial charge in [-0.05, 0) is 68.1 Å². The summed E-state index contributed by atoms with van der Waals surface area (Å²) in [5.41, 5.74) is 5.27. The van der Waals surface area contributed by atoms with Crippen molar-refractivity contribution >= 4 is 33.9 Å². The van der Waals surface area contributed by atoms with Gasteiger partial charge in [0, 0.05) is 86.5 Å². The van der Waals surface area contributed by atoms with Crippen molar-refractivity contribution < 1.29 is 5.11 Å². The number of aromatic nitrogens is 4. The zero-order valence-corrected chi connectivity index (χ0v) is 23.0. The van der Waals surface area contributed by atoms with Crippen LogP contribution in [-0.4, -0.2) is 82.9 Å². The third kappa shape index (κ3) is 5.07. The second kappa shape index (κ2) is 10.6. The van der Waals surface area contributed by atoms with Gasteiger partial charge in [-0.15, -0.1) is 0 Å². The van der Waals surface area contributed by atoms with Gasteiger partial charge in [-0.1, -0.05) is 6.07 Å². The smallest absolute Gasteiger partial charge is 0.162 e. The summed E-state index contributed by atoms with van der Waals surface area (Å²) in [6.45, 7) is 6.11. The minimum absolute atomic E-state index is 0.207. The van der Waals surface area contributed by atoms with Crippen LogP contribution in [0.1, 0.15) is 30.7 Å². The summed E-state index contributed by atoms with van der Waals surface area (Å²) in [7, 11) is 2.18. The maximum atomic E-state index is 9.79. The van der Waals surface area contributed by atoms with Gasteiger partial charge >= 0.3 is 0 Å². The topological polar surface area (TPSA) is 93.5 Å². The number of aliphatic hydroxyl groups is 1. The van der Waals surface area contributed by atoms with E-state index in [4.69, 9.17) is 9.97 Å². The lowest BCUT2D eigenvalue weighted by molar-refractivity contribution is 0.238. The van der Waals surface area contributed by atoms with Crippen molar-refractivity contribution in [2.75, 3.05) is 68.0 Å². The molecule has 206 valence electrons. The van der Waals surface area contributed by atoms with E-state index in [1.807, 2.05) is 30.7 Å². The molecule has 1 atom stereocenters. The number of nitrogens with zero attached hydrogens (tertiary/aromatic N) is 7. The molecule has 0 amide bonds. The molecular weight excluding hydrogens is 500 g/mol. The molecular formula is C31H36N8O. The first kappa shape index (κ1) is 25.2. The monoisotopic (exact) mass is 536 g/mol. The van der Waals surface area contributed by atoms with Gasteiger partial charge in [0.15, 0.2) is 5.82 Å². The molecule has 1 unspecified atom stereocenters. The highest BCUT2D eigenvalue weighted by Crippen LogP contribution is 2.45. The molecule has 1 aromatic carbocycles. The van der Waals surface area contributed by atoms with Crippen LogP contribution in [0.4, 0.5) is 23.0 Å². The summed E-state index contributed by atoms with van der Waals surface area (Å²) in [5, 5.41) is 14.4. The fraction of sp³-hybridized carbons (Fsp3) is 0.419. The molecule has 40 heavy (non-hydrogen) atoms. The molecule has 5 heterocycles. The molecule has 1 saturated carbocycles. The second-order valence-electron chi connectivity index (χ2n) is 11.4. The number of rotatable bonds is 7. The number of nitrogens with one attached hydrogen (secondary N) is 1. The SMILES string of the molecule is CN1CCN(c2cccc(Nc3cc(-c4nc(N5CCC(CO)C5)c5c(C6CC6)cncc5n4)ccn3)c2)CC1. The van der Waals surface area contributed by atoms with Gasteiger partial charge in [0.05, 0.1) is 11.7 Å². The molecule has 0 radical (unpaired) electrons. The quantitative estimate of drug-likeness (QED) is 0.359. The predicted octanol–water partition coefficient (Wildman–Crippen LogP) is 4.28. The number of fused-ring (bicyclic) bond motifs is 1. The Balaban J connectivity index is 1.21. The lowest BCUT2D eigenvalue weighted by Crippen LogP contribution is -2.44. The van der Waals surface area contributed by atoms with E-state index in [9.17, 15) is 5.11 Å². The summed E-state index contributed by atoms with van der Waals surface area (Å²) in [6, 6.07) is 12.5. The Hall–Kier alpha value is -3.82. The Morgan fingerprint density at radius 1 is 0.950 bits per heavy atom. The summed E-state index contributed by atoms with van der Waals surface area (Å²) in [6.07, 6.45) is 9.02. The molecule has 0 spiro atoms. The zero-order chi connectivity index (χ0) is 27.1. The second-order valence-corrected chi connectivity index (χ2v) is 11.4. The van der Waals surface area contributed by atoms with Crippen LogP contribution >= 0.6 is 0 Å². The molecule has 9 nitrogen and oxygen atoms in total. The zero-order valence-electron chi connectivity index (χ0n) is 23.0. The predicted molar refractivity (Wildman–Crippen MR) is 159 cm³/mol. The van der Waals surface area contributed by atoms with Crippen molar-refractivity contribution in [3.63, 3.8) is 0 Å². The molecule has 4 aromatic rings. The molecule has 7 rings (SSSR count). The standard InChI is InChI=1S/C31H36N8O/c1-37-11-13-38(14-12-37)25-4-2-3-24(16-25)34-28-15-23(7-9-33-28)30-35-27-18-32-17-26(22-5-6-22)29(27)31(36-30)39-10-8-21(19-39)20-40/h2-4,7,9,15-18,21-22,40H,5-6,8,10-14,19-20H2,1H3,(H,33,34). The first-order valence-electron chi connectivity index (χ1n) is 14.4. The van der Waals surface area contributed by atoms with Crippen LogP contribution in [0.5, 0.6) is 0 Å². The molecule has 2 N–H and O–H groups in total. The Morgan fingerprint density at radius 2 is 1.82 bits per heavy atom. The lowest BCUT2D eigenvalue weighted by Gasteiger charge is -2.34. The first-order valence-corrected chi connectivity index (χ1v) is 14.4. The number of hydrogen-bond acceptors (Lipinski definition) is 9. The summed E-state index contributed by atoms with van der Waals surface area (Å²) in [5.74, 6) is 3.20. The van der Waals surface area contributed by atoms with Crippen LogP contribution < -0.4 is 15.1 Å². The van der Waals surface area contributed by atoms with Crippen molar-refractivity contribution in [1.29, 1.82) is 0 Å². The molecule has 3 aliphatic rings. The largest absolute Gasteiger partial charge is 0.396 e. The molecule has 3 fully saturated rings. The summed E-state index contributed by atoms with van der Waals surface area (Å²) in [4.78, 5) is 26.4. The van der Waals surface area contributed by atoms with Crippen molar-refractivity contribution in [3.05, 3.63) is 60.6 Å². The molecule has 1 aliphatic carbocycles. The van der Waals surface area contributed by atoms with Gasteiger partial charge in [0.1, 0.15) is 11.6 Å². The van der Waals surface area contributed by atoms with Crippen LogP contribution in [0.3, 0.4) is 0 Å². The van der Waals surface area contributed by atoms with Crippen molar-refractivity contribution in [2.45, 2.75) is 25.2 Å². The summed E-state index contributed by atoms with van der Waals surface area (Å²) >= 11 is 0. The van der Waals surface area contributed by atoms with Crippen LogP contribution in [-0.2, 0) is 0 Å². The van der Waals surface area contributed by atoms with Crippen molar-refractivity contribution in [3.8, 4) is 11.4 Å². The number of hydrogen-bond donors (Lipinski definition) is 2. The third-order valence-electron chi connectivity index (χ3n) is 8.48. The van der Waals surface area contributed by atoms with Gasteiger partial charge < -0.3 is 25.1 Å². The Kier molecular flexibility index (Phi) is 6.69. The van der Waals surface area contributed by atoms with Crippen LogP contribution in [0.25, 0.3) is 22.3 Å². The van der Waals surface area contributed by atoms with E-state index in [0.717, 1.165) is 79.5 Å². The highest BCUT2D eigenvalue weighted by molar-refractivity contribution is 5.94. The Bertz CT molecular complexity index is 1510. The third-order valence-corrected chi connectivity index (χ3v) is 8.48. The van der Waals surface area contributed by atoms with Crippen LogP contribution in [0.15, 0.2) is 55.0 Å². The number of pyridine rings is 2.